The molecule has 2 N–H and O–H groups in total. The van der Waals surface area contributed by atoms with Gasteiger partial charge in [-0.3, -0.25) is 9.59 Å². The number of hydrogen-bond acceptors (Lipinski definition) is 3. The maximum atomic E-state index is 12.5. The molecule has 0 bridgehead atoms. The first-order valence-electron chi connectivity index (χ1n) is 7.35. The molecule has 2 amide bonds. The second-order valence-corrected chi connectivity index (χ2v) is 6.21. The van der Waals surface area contributed by atoms with E-state index in [-0.39, 0.29) is 0 Å². The number of anilines is 2. The van der Waals surface area contributed by atoms with E-state index in [2.05, 4.69) is 10.6 Å². The van der Waals surface area contributed by atoms with Crippen molar-refractivity contribution in [2.75, 3.05) is 17.7 Å². The van der Waals surface area contributed by atoms with Crippen molar-refractivity contribution in [1.82, 2.24) is 0 Å². The number of nitrogens with one attached hydrogen (secondary N) is 2. The third-order valence-electron chi connectivity index (χ3n) is 3.57. The van der Waals surface area contributed by atoms with Crippen molar-refractivity contribution >= 4 is 34.8 Å². The van der Waals surface area contributed by atoms with Gasteiger partial charge in [0, 0.05) is 16.4 Å². The summed E-state index contributed by atoms with van der Waals surface area (Å²) < 4.78 is 5.07. The van der Waals surface area contributed by atoms with Gasteiger partial charge in [0.05, 0.1) is 7.11 Å². The predicted octanol–water partition coefficient (Wildman–Crippen LogP) is 3.95. The van der Waals surface area contributed by atoms with E-state index >= 15 is 0 Å². The van der Waals surface area contributed by atoms with Crippen LogP contribution in [0.1, 0.15) is 13.8 Å². The van der Waals surface area contributed by atoms with E-state index in [1.54, 1.807) is 69.5 Å². The summed E-state index contributed by atoms with van der Waals surface area (Å²) in [6.07, 6.45) is 0. The third kappa shape index (κ3) is 4.26. The van der Waals surface area contributed by atoms with Gasteiger partial charge in [-0.05, 0) is 56.3 Å². The minimum atomic E-state index is -1.26. The second kappa shape index (κ2) is 7.36. The van der Waals surface area contributed by atoms with Gasteiger partial charge in [0.15, 0.2) is 0 Å². The van der Waals surface area contributed by atoms with E-state index in [4.69, 9.17) is 16.3 Å². The molecule has 0 fully saturated rings. The van der Waals surface area contributed by atoms with Crippen LogP contribution in [-0.4, -0.2) is 18.9 Å². The van der Waals surface area contributed by atoms with Crippen LogP contribution in [0.3, 0.4) is 0 Å². The van der Waals surface area contributed by atoms with Crippen LogP contribution in [0.2, 0.25) is 5.02 Å². The van der Waals surface area contributed by atoms with E-state index in [0.29, 0.717) is 22.1 Å². The maximum absolute atomic E-state index is 12.5. The first kappa shape index (κ1) is 17.8. The molecule has 0 spiro atoms. The normalized spacial score (nSPS) is 10.8. The molecule has 0 aliphatic rings. The molecule has 0 unspecified atom stereocenters. The molecule has 0 aliphatic carbocycles. The summed E-state index contributed by atoms with van der Waals surface area (Å²) in [7, 11) is 1.57. The summed E-state index contributed by atoms with van der Waals surface area (Å²) in [5.41, 5.74) is -0.135. The van der Waals surface area contributed by atoms with Crippen LogP contribution in [-0.2, 0) is 9.59 Å². The molecule has 6 heteroatoms. The van der Waals surface area contributed by atoms with Crippen molar-refractivity contribution in [2.24, 2.45) is 5.41 Å². The van der Waals surface area contributed by atoms with E-state index in [1.165, 1.54) is 0 Å². The number of amides is 2. The van der Waals surface area contributed by atoms with Crippen molar-refractivity contribution < 1.29 is 14.3 Å². The Hall–Kier alpha value is -2.53. The number of halogens is 1. The molecule has 0 saturated carbocycles. The van der Waals surface area contributed by atoms with Crippen molar-refractivity contribution in [3.63, 3.8) is 0 Å². The summed E-state index contributed by atoms with van der Waals surface area (Å²) in [5, 5.41) is 5.94. The van der Waals surface area contributed by atoms with Crippen LogP contribution < -0.4 is 15.4 Å². The average molecular weight is 347 g/mol. The van der Waals surface area contributed by atoms with E-state index < -0.39 is 17.2 Å². The van der Waals surface area contributed by atoms with Crippen molar-refractivity contribution in [3.05, 3.63) is 53.6 Å². The lowest BCUT2D eigenvalue weighted by atomic mass is 9.90. The summed E-state index contributed by atoms with van der Waals surface area (Å²) >= 11 is 5.90. The fourth-order valence-electron chi connectivity index (χ4n) is 1.92. The molecular weight excluding hydrogens is 328 g/mol. The lowest BCUT2D eigenvalue weighted by Gasteiger charge is -2.23. The van der Waals surface area contributed by atoms with Gasteiger partial charge in [-0.15, -0.1) is 0 Å². The highest BCUT2D eigenvalue weighted by molar-refractivity contribution is 6.31. The van der Waals surface area contributed by atoms with Crippen molar-refractivity contribution in [3.8, 4) is 5.75 Å². The highest BCUT2D eigenvalue weighted by Crippen LogP contribution is 2.23. The molecule has 5 nitrogen and oxygen atoms in total. The van der Waals surface area contributed by atoms with Gasteiger partial charge in [0.25, 0.3) is 0 Å². The number of methoxy groups -OCH3 is 1. The Labute approximate surface area is 146 Å². The Balaban J connectivity index is 2.06. The molecule has 0 atom stereocenters. The molecule has 0 radical (unpaired) electrons. The molecule has 0 heterocycles. The largest absolute Gasteiger partial charge is 0.497 e. The molecular formula is C18H19ClN2O3. The fourth-order valence-corrected chi connectivity index (χ4v) is 2.11. The molecule has 0 aromatic heterocycles. The highest BCUT2D eigenvalue weighted by Gasteiger charge is 2.36. The van der Waals surface area contributed by atoms with Gasteiger partial charge in [-0.1, -0.05) is 17.7 Å². The number of carbonyl (C=O) groups excluding carboxylic acids is 2. The van der Waals surface area contributed by atoms with Gasteiger partial charge in [0.1, 0.15) is 11.2 Å². The summed E-state index contributed by atoms with van der Waals surface area (Å²) in [4.78, 5) is 24.9. The summed E-state index contributed by atoms with van der Waals surface area (Å²) in [6.45, 7) is 3.12. The minimum absolute atomic E-state index is 0.410. The molecule has 2 aromatic carbocycles. The fraction of sp³-hybridized carbons (Fsp3) is 0.222. The van der Waals surface area contributed by atoms with Crippen LogP contribution in [0.4, 0.5) is 11.4 Å². The quantitative estimate of drug-likeness (QED) is 0.805. The molecule has 0 aliphatic heterocycles. The van der Waals surface area contributed by atoms with Gasteiger partial charge in [-0.2, -0.15) is 0 Å². The Morgan fingerprint density at radius 2 is 1.54 bits per heavy atom. The zero-order valence-corrected chi connectivity index (χ0v) is 14.5. The average Bonchev–Trinajstić information content (AvgIpc) is 2.55. The van der Waals surface area contributed by atoms with Gasteiger partial charge < -0.3 is 15.4 Å². The Kier molecular flexibility index (Phi) is 5.46. The number of rotatable bonds is 5. The summed E-state index contributed by atoms with van der Waals surface area (Å²) in [5.74, 6) is -0.145. The molecule has 126 valence electrons. The standard InChI is InChI=1S/C18H19ClN2O3/c1-18(2,17(23)21-14-6-4-5-12(19)11-14)16(22)20-13-7-9-15(24-3)10-8-13/h4-11H,1-3H3,(H,20,22)(H,21,23). The topological polar surface area (TPSA) is 67.4 Å². The van der Waals surface area contributed by atoms with Crippen LogP contribution in [0.25, 0.3) is 0 Å². The van der Waals surface area contributed by atoms with E-state index in [1.807, 2.05) is 0 Å². The number of carbonyl (C=O) groups is 2. The van der Waals surface area contributed by atoms with Gasteiger partial charge in [0.2, 0.25) is 11.8 Å². The molecule has 0 saturated heterocycles. The van der Waals surface area contributed by atoms with Crippen LogP contribution in [0.5, 0.6) is 5.75 Å². The first-order valence-corrected chi connectivity index (χ1v) is 7.73. The van der Waals surface area contributed by atoms with Crippen LogP contribution >= 0.6 is 11.6 Å². The highest BCUT2D eigenvalue weighted by atomic mass is 35.5. The minimum Gasteiger partial charge on any atom is -0.497 e. The maximum Gasteiger partial charge on any atom is 0.239 e. The van der Waals surface area contributed by atoms with Crippen molar-refractivity contribution in [1.29, 1.82) is 0 Å². The number of ether oxygens (including phenoxy) is 1. The SMILES string of the molecule is COc1ccc(NC(=O)C(C)(C)C(=O)Nc2cccc(Cl)c2)cc1. The Bertz CT molecular complexity index is 742. The number of benzene rings is 2. The van der Waals surface area contributed by atoms with Gasteiger partial charge >= 0.3 is 0 Å². The molecule has 2 rings (SSSR count). The Morgan fingerprint density at radius 3 is 2.08 bits per heavy atom. The van der Waals surface area contributed by atoms with E-state index in [0.717, 1.165) is 0 Å². The lowest BCUT2D eigenvalue weighted by Crippen LogP contribution is -2.41. The zero-order chi connectivity index (χ0) is 17.7. The third-order valence-corrected chi connectivity index (χ3v) is 3.80. The predicted molar refractivity (Wildman–Crippen MR) is 95.5 cm³/mol. The number of hydrogen-bond donors (Lipinski definition) is 2. The smallest absolute Gasteiger partial charge is 0.239 e. The molecule has 2 aromatic rings. The molecule has 24 heavy (non-hydrogen) atoms. The van der Waals surface area contributed by atoms with Gasteiger partial charge in [-0.25, -0.2) is 0 Å². The second-order valence-electron chi connectivity index (χ2n) is 5.77. The summed E-state index contributed by atoms with van der Waals surface area (Å²) in [6, 6.07) is 13.6. The zero-order valence-electron chi connectivity index (χ0n) is 13.7. The monoisotopic (exact) mass is 346 g/mol. The van der Waals surface area contributed by atoms with Crippen LogP contribution in [0, 0.1) is 5.41 Å². The lowest BCUT2D eigenvalue weighted by molar-refractivity contribution is -0.135. The van der Waals surface area contributed by atoms with Crippen LogP contribution in [0.15, 0.2) is 48.5 Å². The van der Waals surface area contributed by atoms with E-state index in [9.17, 15) is 9.59 Å². The Morgan fingerprint density at radius 1 is 0.958 bits per heavy atom. The van der Waals surface area contributed by atoms with Crippen molar-refractivity contribution in [2.45, 2.75) is 13.8 Å². The first-order chi connectivity index (χ1) is 11.3.